The van der Waals surface area contributed by atoms with E-state index in [0.29, 0.717) is 30.0 Å². The first kappa shape index (κ1) is 19.6. The third kappa shape index (κ3) is 4.06. The molecule has 1 aliphatic heterocycles. The predicted octanol–water partition coefficient (Wildman–Crippen LogP) is 3.42. The number of benzene rings is 2. The van der Waals surface area contributed by atoms with Gasteiger partial charge in [-0.2, -0.15) is 0 Å². The van der Waals surface area contributed by atoms with E-state index in [2.05, 4.69) is 0 Å². The Morgan fingerprint density at radius 3 is 2.39 bits per heavy atom. The summed E-state index contributed by atoms with van der Waals surface area (Å²) in [7, 11) is 0. The van der Waals surface area contributed by atoms with Gasteiger partial charge in [0.2, 0.25) is 11.7 Å². The van der Waals surface area contributed by atoms with Crippen LogP contribution in [0.5, 0.6) is 5.75 Å². The maximum absolute atomic E-state index is 12.7. The Bertz CT molecular complexity index is 904. The summed E-state index contributed by atoms with van der Waals surface area (Å²) in [6, 6.07) is 11.9. The smallest absolute Gasteiger partial charge is 0.338 e. The monoisotopic (exact) mass is 381 g/mol. The van der Waals surface area contributed by atoms with Crippen molar-refractivity contribution >= 4 is 23.3 Å². The van der Waals surface area contributed by atoms with E-state index in [1.165, 1.54) is 6.92 Å². The van der Waals surface area contributed by atoms with Crippen LogP contribution in [0, 0.1) is 0 Å². The molecule has 2 aromatic rings. The Morgan fingerprint density at radius 1 is 1.07 bits per heavy atom. The summed E-state index contributed by atoms with van der Waals surface area (Å²) >= 11 is 0. The number of rotatable bonds is 6. The highest BCUT2D eigenvalue weighted by Crippen LogP contribution is 2.29. The average molecular weight is 381 g/mol. The van der Waals surface area contributed by atoms with E-state index in [0.717, 1.165) is 17.7 Å². The lowest BCUT2D eigenvalue weighted by Gasteiger charge is -2.16. The summed E-state index contributed by atoms with van der Waals surface area (Å²) < 4.78 is 10.7. The number of fused-ring (bicyclic) bond motifs is 1. The summed E-state index contributed by atoms with van der Waals surface area (Å²) in [6.07, 6.45) is 0.0532. The number of hydrogen-bond donors (Lipinski definition) is 0. The number of Topliss-reactive ketones (excluding diaryl/α,β-unsaturated/α-hetero) is 1. The number of hydrogen-bond acceptors (Lipinski definition) is 5. The topological polar surface area (TPSA) is 72.9 Å². The molecule has 0 radical (unpaired) electrons. The van der Waals surface area contributed by atoms with Crippen LogP contribution in [-0.2, 0) is 16.0 Å². The maximum Gasteiger partial charge on any atom is 0.338 e. The largest absolute Gasteiger partial charge is 0.483 e. The number of anilines is 1. The number of ketones is 1. The van der Waals surface area contributed by atoms with Gasteiger partial charge in [-0.3, -0.25) is 9.59 Å². The lowest BCUT2D eigenvalue weighted by Crippen LogP contribution is -2.26. The molecule has 146 valence electrons. The molecule has 1 amide bonds. The summed E-state index contributed by atoms with van der Waals surface area (Å²) in [5.41, 5.74) is 2.85. The van der Waals surface area contributed by atoms with Gasteiger partial charge in [-0.25, -0.2) is 4.79 Å². The highest BCUT2D eigenvalue weighted by Gasteiger charge is 2.25. The van der Waals surface area contributed by atoms with Crippen LogP contribution in [0.2, 0.25) is 0 Å². The van der Waals surface area contributed by atoms with Gasteiger partial charge in [-0.15, -0.1) is 0 Å². The molecule has 0 saturated heterocycles. The first-order chi connectivity index (χ1) is 13.4. The molecule has 1 atom stereocenters. The highest BCUT2D eigenvalue weighted by atomic mass is 16.5. The molecule has 6 heteroatoms. The second-order valence-electron chi connectivity index (χ2n) is 6.63. The van der Waals surface area contributed by atoms with Crippen LogP contribution in [0.3, 0.4) is 0 Å². The molecule has 1 aliphatic rings. The Balaban J connectivity index is 1.68. The zero-order valence-corrected chi connectivity index (χ0v) is 16.2. The number of ether oxygens (including phenoxy) is 2. The molecule has 6 nitrogen and oxygen atoms in total. The second-order valence-corrected chi connectivity index (χ2v) is 6.63. The number of amides is 1. The first-order valence-electron chi connectivity index (χ1n) is 9.29. The molecular formula is C22H23NO5. The van der Waals surface area contributed by atoms with Crippen molar-refractivity contribution in [1.82, 2.24) is 0 Å². The quantitative estimate of drug-likeness (QED) is 0.566. The molecule has 0 saturated carbocycles. The Labute approximate surface area is 164 Å². The van der Waals surface area contributed by atoms with E-state index in [1.807, 2.05) is 12.1 Å². The fraction of sp³-hybridized carbons (Fsp3) is 0.318. The Hall–Kier alpha value is -3.15. The van der Waals surface area contributed by atoms with E-state index in [4.69, 9.17) is 9.47 Å². The van der Waals surface area contributed by atoms with E-state index in [-0.39, 0.29) is 11.7 Å². The molecule has 28 heavy (non-hydrogen) atoms. The minimum atomic E-state index is -0.684. The fourth-order valence-corrected chi connectivity index (χ4v) is 3.26. The van der Waals surface area contributed by atoms with Crippen LogP contribution in [0.4, 0.5) is 5.69 Å². The zero-order valence-electron chi connectivity index (χ0n) is 16.2. The zero-order chi connectivity index (χ0) is 20.3. The molecule has 0 N–H and O–H groups in total. The van der Waals surface area contributed by atoms with Gasteiger partial charge < -0.3 is 14.4 Å². The van der Waals surface area contributed by atoms with Crippen molar-refractivity contribution in [2.45, 2.75) is 33.3 Å². The van der Waals surface area contributed by atoms with Gasteiger partial charge in [-0.05, 0) is 68.3 Å². The van der Waals surface area contributed by atoms with Crippen molar-refractivity contribution < 1.29 is 23.9 Å². The fourth-order valence-electron chi connectivity index (χ4n) is 3.26. The molecular weight excluding hydrogens is 358 g/mol. The van der Waals surface area contributed by atoms with Crippen LogP contribution in [0.1, 0.15) is 47.1 Å². The Morgan fingerprint density at radius 2 is 1.75 bits per heavy atom. The lowest BCUT2D eigenvalue weighted by atomic mass is 10.0. The van der Waals surface area contributed by atoms with Gasteiger partial charge in [0.1, 0.15) is 5.75 Å². The molecule has 0 fully saturated rings. The highest BCUT2D eigenvalue weighted by molar-refractivity contribution is 6.01. The van der Waals surface area contributed by atoms with Crippen molar-refractivity contribution in [3.05, 3.63) is 59.2 Å². The number of carbonyl (C=O) groups is 3. The van der Waals surface area contributed by atoms with Crippen molar-refractivity contribution in [1.29, 1.82) is 0 Å². The van der Waals surface area contributed by atoms with E-state index < -0.39 is 12.1 Å². The summed E-state index contributed by atoms with van der Waals surface area (Å²) in [6.45, 7) is 5.93. The van der Waals surface area contributed by atoms with Gasteiger partial charge in [0.25, 0.3) is 0 Å². The predicted molar refractivity (Wildman–Crippen MR) is 105 cm³/mol. The minimum Gasteiger partial charge on any atom is -0.483 e. The molecule has 1 heterocycles. The van der Waals surface area contributed by atoms with Crippen molar-refractivity contribution in [3.63, 3.8) is 0 Å². The molecule has 1 unspecified atom stereocenters. The van der Waals surface area contributed by atoms with Gasteiger partial charge in [-0.1, -0.05) is 0 Å². The van der Waals surface area contributed by atoms with Crippen molar-refractivity contribution in [3.8, 4) is 5.75 Å². The third-order valence-electron chi connectivity index (χ3n) is 4.69. The molecule has 0 bridgehead atoms. The molecule has 0 aliphatic carbocycles. The summed E-state index contributed by atoms with van der Waals surface area (Å²) in [4.78, 5) is 37.8. The van der Waals surface area contributed by atoms with Gasteiger partial charge in [0.15, 0.2) is 6.10 Å². The number of esters is 1. The van der Waals surface area contributed by atoms with Crippen LogP contribution in [-0.4, -0.2) is 36.9 Å². The van der Waals surface area contributed by atoms with E-state index in [9.17, 15) is 14.4 Å². The van der Waals surface area contributed by atoms with E-state index >= 15 is 0 Å². The normalized spacial score (nSPS) is 13.6. The summed E-state index contributed by atoms with van der Waals surface area (Å²) in [5, 5.41) is 0. The van der Waals surface area contributed by atoms with Gasteiger partial charge in [0, 0.05) is 24.7 Å². The van der Waals surface area contributed by atoms with Gasteiger partial charge >= 0.3 is 5.97 Å². The molecule has 2 aromatic carbocycles. The molecule has 0 spiro atoms. The van der Waals surface area contributed by atoms with Crippen molar-refractivity contribution in [2.75, 3.05) is 18.1 Å². The van der Waals surface area contributed by atoms with Crippen LogP contribution < -0.4 is 9.64 Å². The van der Waals surface area contributed by atoms with Crippen LogP contribution in [0.25, 0.3) is 0 Å². The second kappa shape index (κ2) is 8.25. The number of carbonyl (C=O) groups excluding carboxylic acids is 3. The van der Waals surface area contributed by atoms with E-state index in [1.54, 1.807) is 49.1 Å². The Kier molecular flexibility index (Phi) is 5.78. The van der Waals surface area contributed by atoms with Crippen molar-refractivity contribution in [2.24, 2.45) is 0 Å². The molecule has 0 aromatic heterocycles. The lowest BCUT2D eigenvalue weighted by molar-refractivity contribution is -0.116. The minimum absolute atomic E-state index is 0.000734. The SMILES string of the molecule is CCOC(=O)c1ccc(OC(C)C(=O)c2ccc3c(c2)CCN3C(C)=O)cc1. The van der Waals surface area contributed by atoms with Crippen LogP contribution >= 0.6 is 0 Å². The van der Waals surface area contributed by atoms with Crippen LogP contribution in [0.15, 0.2) is 42.5 Å². The first-order valence-corrected chi connectivity index (χ1v) is 9.29. The standard InChI is InChI=1S/C22H23NO5/c1-4-27-22(26)16-5-8-19(9-6-16)28-14(2)21(25)18-7-10-20-17(13-18)11-12-23(20)15(3)24/h5-10,13-14H,4,11-12H2,1-3H3. The average Bonchev–Trinajstić information content (AvgIpc) is 3.11. The third-order valence-corrected chi connectivity index (χ3v) is 4.69. The van der Waals surface area contributed by atoms with Gasteiger partial charge in [0.05, 0.1) is 12.2 Å². The number of nitrogens with zero attached hydrogens (tertiary/aromatic N) is 1. The molecule has 3 rings (SSSR count). The maximum atomic E-state index is 12.7. The summed E-state index contributed by atoms with van der Waals surface area (Å²) in [5.74, 6) is -0.0342.